The predicted molar refractivity (Wildman–Crippen MR) is 111 cm³/mol. The Balaban J connectivity index is 1.52. The van der Waals surface area contributed by atoms with Crippen LogP contribution in [0.2, 0.25) is 0 Å². The molecule has 6 nitrogen and oxygen atoms in total. The van der Waals surface area contributed by atoms with Crippen molar-refractivity contribution in [2.75, 3.05) is 0 Å². The number of carbonyl (C=O) groups excluding carboxylic acids is 1. The second kappa shape index (κ2) is 9.51. The van der Waals surface area contributed by atoms with Gasteiger partial charge in [0.1, 0.15) is 17.3 Å². The topological polar surface area (TPSA) is 84.5 Å². The fourth-order valence-corrected chi connectivity index (χ4v) is 3.83. The van der Waals surface area contributed by atoms with Gasteiger partial charge in [-0.3, -0.25) is 4.79 Å². The summed E-state index contributed by atoms with van der Waals surface area (Å²) in [7, 11) is -3.78. The van der Waals surface area contributed by atoms with Crippen molar-refractivity contribution in [3.05, 3.63) is 90.2 Å². The molecule has 0 fully saturated rings. The molecule has 0 saturated heterocycles. The zero-order chi connectivity index (χ0) is 21.6. The molecule has 3 rings (SSSR count). The van der Waals surface area contributed by atoms with Crippen LogP contribution in [-0.2, 0) is 21.4 Å². The van der Waals surface area contributed by atoms with E-state index in [1.165, 1.54) is 43.3 Å². The van der Waals surface area contributed by atoms with E-state index in [1.54, 1.807) is 42.5 Å². The smallest absolute Gasteiger partial charge is 0.241 e. The van der Waals surface area contributed by atoms with Crippen LogP contribution in [0.1, 0.15) is 12.5 Å². The van der Waals surface area contributed by atoms with Gasteiger partial charge in [-0.05, 0) is 61.0 Å². The number of hydrogen-bond acceptors (Lipinski definition) is 4. The number of rotatable bonds is 8. The van der Waals surface area contributed by atoms with Crippen LogP contribution >= 0.6 is 0 Å². The van der Waals surface area contributed by atoms with Crippen molar-refractivity contribution in [2.45, 2.75) is 24.4 Å². The predicted octanol–water partition coefficient (Wildman–Crippen LogP) is 3.60. The lowest BCUT2D eigenvalue weighted by atomic mass is 10.2. The monoisotopic (exact) mass is 428 g/mol. The highest BCUT2D eigenvalue weighted by atomic mass is 32.2. The molecule has 0 unspecified atom stereocenters. The molecule has 1 atom stereocenters. The number of benzene rings is 3. The van der Waals surface area contributed by atoms with Crippen LogP contribution < -0.4 is 14.8 Å². The Kier molecular flexibility index (Phi) is 6.81. The highest BCUT2D eigenvalue weighted by molar-refractivity contribution is 7.89. The molecule has 0 spiro atoms. The fraction of sp³-hybridized carbons (Fsp3) is 0.136. The minimum absolute atomic E-state index is 0.0985. The fourth-order valence-electron chi connectivity index (χ4n) is 2.61. The molecule has 0 bridgehead atoms. The summed E-state index contributed by atoms with van der Waals surface area (Å²) in [4.78, 5) is 12.4. The summed E-state index contributed by atoms with van der Waals surface area (Å²) in [5.41, 5.74) is 0.813. The van der Waals surface area contributed by atoms with E-state index >= 15 is 0 Å². The Morgan fingerprint density at radius 1 is 0.933 bits per heavy atom. The van der Waals surface area contributed by atoms with Crippen LogP contribution in [-0.4, -0.2) is 20.4 Å². The molecule has 0 aromatic heterocycles. The Hall–Kier alpha value is -3.23. The second-order valence-corrected chi connectivity index (χ2v) is 8.29. The van der Waals surface area contributed by atoms with Crippen LogP contribution in [0.4, 0.5) is 4.39 Å². The first-order valence-electron chi connectivity index (χ1n) is 9.21. The van der Waals surface area contributed by atoms with Crippen LogP contribution in [0, 0.1) is 5.82 Å². The normalized spacial score (nSPS) is 12.2. The molecule has 0 radical (unpaired) electrons. The van der Waals surface area contributed by atoms with E-state index in [1.807, 2.05) is 0 Å². The van der Waals surface area contributed by atoms with E-state index in [4.69, 9.17) is 4.74 Å². The Bertz CT molecular complexity index is 1090. The minimum atomic E-state index is -3.78. The number of ether oxygens (including phenoxy) is 1. The van der Waals surface area contributed by atoms with Gasteiger partial charge in [-0.25, -0.2) is 12.8 Å². The van der Waals surface area contributed by atoms with Gasteiger partial charge in [-0.1, -0.05) is 30.3 Å². The lowest BCUT2D eigenvalue weighted by Crippen LogP contribution is -2.44. The molecule has 1 amide bonds. The molecule has 8 heteroatoms. The van der Waals surface area contributed by atoms with Crippen LogP contribution in [0.25, 0.3) is 0 Å². The van der Waals surface area contributed by atoms with Crippen LogP contribution in [0.15, 0.2) is 83.8 Å². The number of amides is 1. The van der Waals surface area contributed by atoms with Gasteiger partial charge in [0.2, 0.25) is 15.9 Å². The van der Waals surface area contributed by atoms with Crippen molar-refractivity contribution in [3.63, 3.8) is 0 Å². The zero-order valence-electron chi connectivity index (χ0n) is 16.2. The highest BCUT2D eigenvalue weighted by Crippen LogP contribution is 2.21. The Labute approximate surface area is 174 Å². The molecule has 0 heterocycles. The molecule has 0 aliphatic carbocycles. The molecule has 0 aliphatic rings. The third-order valence-electron chi connectivity index (χ3n) is 4.22. The van der Waals surface area contributed by atoms with Gasteiger partial charge < -0.3 is 10.1 Å². The average Bonchev–Trinajstić information content (AvgIpc) is 2.75. The van der Waals surface area contributed by atoms with Crippen molar-refractivity contribution < 1.29 is 22.3 Å². The van der Waals surface area contributed by atoms with Gasteiger partial charge in [0.15, 0.2) is 0 Å². The molecule has 156 valence electrons. The van der Waals surface area contributed by atoms with Crippen molar-refractivity contribution in [2.24, 2.45) is 0 Å². The van der Waals surface area contributed by atoms with Gasteiger partial charge in [0.05, 0.1) is 10.9 Å². The van der Waals surface area contributed by atoms with E-state index in [0.717, 1.165) is 5.56 Å². The summed E-state index contributed by atoms with van der Waals surface area (Å²) < 4.78 is 45.5. The quantitative estimate of drug-likeness (QED) is 0.574. The number of sulfonamides is 1. The summed E-state index contributed by atoms with van der Waals surface area (Å²) in [5.74, 6) is 0.299. The van der Waals surface area contributed by atoms with Crippen LogP contribution in [0.3, 0.4) is 0 Å². The molecule has 0 aliphatic heterocycles. The zero-order valence-corrected chi connectivity index (χ0v) is 17.0. The van der Waals surface area contributed by atoms with Gasteiger partial charge >= 0.3 is 0 Å². The van der Waals surface area contributed by atoms with E-state index in [0.29, 0.717) is 11.5 Å². The lowest BCUT2D eigenvalue weighted by molar-refractivity contribution is -0.122. The van der Waals surface area contributed by atoms with E-state index in [2.05, 4.69) is 10.0 Å². The molecule has 2 N–H and O–H groups in total. The molecular weight excluding hydrogens is 407 g/mol. The van der Waals surface area contributed by atoms with Crippen molar-refractivity contribution in [1.82, 2.24) is 10.0 Å². The van der Waals surface area contributed by atoms with Crippen molar-refractivity contribution in [3.8, 4) is 11.5 Å². The van der Waals surface area contributed by atoms with Gasteiger partial charge in [0, 0.05) is 6.54 Å². The first-order valence-corrected chi connectivity index (χ1v) is 10.7. The SMILES string of the molecule is C[C@H](NS(=O)(=O)c1ccccc1)C(=O)NCc1ccc(Oc2ccc(F)cc2)cc1. The van der Waals surface area contributed by atoms with Gasteiger partial charge in [-0.2, -0.15) is 4.72 Å². The maximum atomic E-state index is 12.9. The molecule has 3 aromatic rings. The largest absolute Gasteiger partial charge is 0.457 e. The summed E-state index contributed by atoms with van der Waals surface area (Å²) in [5, 5.41) is 2.70. The third kappa shape index (κ3) is 5.88. The Morgan fingerprint density at radius 2 is 1.50 bits per heavy atom. The first-order chi connectivity index (χ1) is 14.3. The summed E-state index contributed by atoms with van der Waals surface area (Å²) in [6, 6.07) is 19.6. The highest BCUT2D eigenvalue weighted by Gasteiger charge is 2.21. The van der Waals surface area contributed by atoms with Crippen LogP contribution in [0.5, 0.6) is 11.5 Å². The molecule has 30 heavy (non-hydrogen) atoms. The van der Waals surface area contributed by atoms with E-state index in [9.17, 15) is 17.6 Å². The van der Waals surface area contributed by atoms with Gasteiger partial charge in [-0.15, -0.1) is 0 Å². The average molecular weight is 428 g/mol. The standard InChI is InChI=1S/C22H21FN2O4S/c1-16(25-30(27,28)21-5-3-2-4-6-21)22(26)24-15-17-7-11-19(12-8-17)29-20-13-9-18(23)10-14-20/h2-14,16,25H,15H2,1H3,(H,24,26)/t16-/m0/s1. The third-order valence-corrected chi connectivity index (χ3v) is 5.77. The number of nitrogens with one attached hydrogen (secondary N) is 2. The second-order valence-electron chi connectivity index (χ2n) is 6.57. The number of hydrogen-bond donors (Lipinski definition) is 2. The Morgan fingerprint density at radius 3 is 2.10 bits per heavy atom. The van der Waals surface area contributed by atoms with Crippen molar-refractivity contribution in [1.29, 1.82) is 0 Å². The summed E-state index contributed by atoms with van der Waals surface area (Å²) in [6.45, 7) is 1.71. The van der Waals surface area contributed by atoms with E-state index in [-0.39, 0.29) is 17.3 Å². The summed E-state index contributed by atoms with van der Waals surface area (Å²) in [6.07, 6.45) is 0. The molecule has 0 saturated carbocycles. The first kappa shape index (κ1) is 21.5. The molecular formula is C22H21FN2O4S. The molecule has 3 aromatic carbocycles. The number of carbonyl (C=O) groups is 1. The maximum Gasteiger partial charge on any atom is 0.241 e. The lowest BCUT2D eigenvalue weighted by Gasteiger charge is -2.14. The number of halogens is 1. The van der Waals surface area contributed by atoms with Crippen molar-refractivity contribution >= 4 is 15.9 Å². The van der Waals surface area contributed by atoms with Gasteiger partial charge in [0.25, 0.3) is 0 Å². The maximum absolute atomic E-state index is 12.9. The summed E-state index contributed by atoms with van der Waals surface area (Å²) >= 11 is 0. The minimum Gasteiger partial charge on any atom is -0.457 e. The van der Waals surface area contributed by atoms with E-state index < -0.39 is 22.0 Å².